The molecular formula is C11H17N3O. The Bertz CT molecular complexity index is 322. The maximum atomic E-state index is 11.6. The van der Waals surface area contributed by atoms with E-state index in [9.17, 15) is 4.79 Å². The number of amides is 1. The average Bonchev–Trinajstić information content (AvgIpc) is 2.18. The Kier molecular flexibility index (Phi) is 3.80. The van der Waals surface area contributed by atoms with Gasteiger partial charge in [-0.15, -0.1) is 0 Å². The highest BCUT2D eigenvalue weighted by molar-refractivity contribution is 5.91. The molecule has 0 atom stereocenters. The minimum atomic E-state index is -0.188. The molecule has 0 spiro atoms. The van der Waals surface area contributed by atoms with Crippen LogP contribution in [-0.2, 0) is 4.79 Å². The van der Waals surface area contributed by atoms with Crippen molar-refractivity contribution in [3.8, 4) is 0 Å². The zero-order chi connectivity index (χ0) is 11.3. The number of hydrogen-bond donors (Lipinski definition) is 2. The van der Waals surface area contributed by atoms with Crippen molar-refractivity contribution in [1.82, 2.24) is 10.3 Å². The lowest BCUT2D eigenvalue weighted by molar-refractivity contribution is -0.117. The van der Waals surface area contributed by atoms with Gasteiger partial charge in [0.05, 0.1) is 11.9 Å². The van der Waals surface area contributed by atoms with Crippen LogP contribution in [-0.4, -0.2) is 23.5 Å². The van der Waals surface area contributed by atoms with Crippen molar-refractivity contribution in [3.63, 3.8) is 0 Å². The first-order valence-corrected chi connectivity index (χ1v) is 4.92. The van der Waals surface area contributed by atoms with Crippen LogP contribution in [0.25, 0.3) is 0 Å². The third-order valence-corrected chi connectivity index (χ3v) is 2.22. The van der Waals surface area contributed by atoms with Crippen LogP contribution in [0.4, 0.5) is 5.69 Å². The molecule has 0 aliphatic carbocycles. The summed E-state index contributed by atoms with van der Waals surface area (Å²) in [6, 6.07) is 3.61. The largest absolute Gasteiger partial charge is 0.325 e. The summed E-state index contributed by atoms with van der Waals surface area (Å²) in [5.41, 5.74) is 0.543. The van der Waals surface area contributed by atoms with Crippen molar-refractivity contribution in [3.05, 3.63) is 24.5 Å². The number of carbonyl (C=O) groups excluding carboxylic acids is 1. The fourth-order valence-electron chi connectivity index (χ4n) is 1.13. The molecule has 82 valence electrons. The molecular weight excluding hydrogens is 190 g/mol. The van der Waals surface area contributed by atoms with Crippen LogP contribution in [0.15, 0.2) is 24.5 Å². The van der Waals surface area contributed by atoms with Crippen molar-refractivity contribution in [2.45, 2.75) is 25.8 Å². The van der Waals surface area contributed by atoms with Gasteiger partial charge in [-0.1, -0.05) is 0 Å². The van der Waals surface area contributed by atoms with Gasteiger partial charge in [-0.25, -0.2) is 0 Å². The third-order valence-electron chi connectivity index (χ3n) is 2.22. The molecule has 0 saturated carbocycles. The molecule has 0 bridgehead atoms. The van der Waals surface area contributed by atoms with Crippen LogP contribution in [0, 0.1) is 0 Å². The Balaban J connectivity index is 2.51. The van der Waals surface area contributed by atoms with Crippen molar-refractivity contribution in [2.24, 2.45) is 0 Å². The molecule has 1 heterocycles. The zero-order valence-corrected chi connectivity index (χ0v) is 9.37. The Morgan fingerprint density at radius 2 is 2.27 bits per heavy atom. The number of pyridine rings is 1. The first-order chi connectivity index (χ1) is 7.03. The molecule has 15 heavy (non-hydrogen) atoms. The van der Waals surface area contributed by atoms with E-state index in [-0.39, 0.29) is 11.4 Å². The molecule has 0 aromatic carbocycles. The summed E-state index contributed by atoms with van der Waals surface area (Å²) >= 11 is 0. The van der Waals surface area contributed by atoms with E-state index in [0.29, 0.717) is 6.42 Å². The smallest absolute Gasteiger partial charge is 0.226 e. The van der Waals surface area contributed by atoms with Crippen molar-refractivity contribution in [1.29, 1.82) is 0 Å². The first-order valence-electron chi connectivity index (χ1n) is 4.92. The molecule has 1 aromatic heterocycles. The molecule has 0 unspecified atom stereocenters. The highest BCUT2D eigenvalue weighted by Gasteiger charge is 2.19. The molecule has 0 fully saturated rings. The van der Waals surface area contributed by atoms with Gasteiger partial charge in [0.15, 0.2) is 0 Å². The SMILES string of the molecule is CNC(C)(C)CC(=O)Nc1cccnc1. The van der Waals surface area contributed by atoms with E-state index < -0.39 is 0 Å². The van der Waals surface area contributed by atoms with E-state index >= 15 is 0 Å². The highest BCUT2D eigenvalue weighted by Crippen LogP contribution is 2.10. The van der Waals surface area contributed by atoms with Gasteiger partial charge in [-0.2, -0.15) is 0 Å². The van der Waals surface area contributed by atoms with E-state index in [0.717, 1.165) is 5.69 Å². The van der Waals surface area contributed by atoms with Gasteiger partial charge in [0.25, 0.3) is 0 Å². The van der Waals surface area contributed by atoms with Gasteiger partial charge in [0, 0.05) is 18.2 Å². The summed E-state index contributed by atoms with van der Waals surface area (Å²) in [6.45, 7) is 3.96. The second kappa shape index (κ2) is 4.89. The molecule has 4 heteroatoms. The number of nitrogens with zero attached hydrogens (tertiary/aromatic N) is 1. The Morgan fingerprint density at radius 3 is 2.80 bits per heavy atom. The fourth-order valence-corrected chi connectivity index (χ4v) is 1.13. The standard InChI is InChI=1S/C11H17N3O/c1-11(2,12-3)7-10(15)14-9-5-4-6-13-8-9/h4-6,8,12H,7H2,1-3H3,(H,14,15). The van der Waals surface area contributed by atoms with Crippen LogP contribution in [0.1, 0.15) is 20.3 Å². The fraction of sp³-hybridized carbons (Fsp3) is 0.455. The Morgan fingerprint density at radius 1 is 1.53 bits per heavy atom. The normalized spacial score (nSPS) is 11.1. The van der Waals surface area contributed by atoms with Crippen LogP contribution >= 0.6 is 0 Å². The van der Waals surface area contributed by atoms with E-state index in [2.05, 4.69) is 15.6 Å². The quantitative estimate of drug-likeness (QED) is 0.784. The number of carbonyl (C=O) groups is 1. The van der Waals surface area contributed by atoms with Gasteiger partial charge in [-0.05, 0) is 33.0 Å². The lowest BCUT2D eigenvalue weighted by Gasteiger charge is -2.22. The van der Waals surface area contributed by atoms with E-state index in [1.165, 1.54) is 0 Å². The second-order valence-corrected chi connectivity index (χ2v) is 4.10. The lowest BCUT2D eigenvalue weighted by Crippen LogP contribution is -2.39. The Labute approximate surface area is 90.1 Å². The molecule has 0 aliphatic heterocycles. The topological polar surface area (TPSA) is 54.0 Å². The van der Waals surface area contributed by atoms with Crippen molar-refractivity contribution >= 4 is 11.6 Å². The summed E-state index contributed by atoms with van der Waals surface area (Å²) in [5.74, 6) is -0.0117. The predicted molar refractivity (Wildman–Crippen MR) is 60.6 cm³/mol. The number of rotatable bonds is 4. The summed E-state index contributed by atoms with van der Waals surface area (Å²) in [4.78, 5) is 15.5. The second-order valence-electron chi connectivity index (χ2n) is 4.10. The minimum absolute atomic E-state index is 0.0117. The number of nitrogens with one attached hydrogen (secondary N) is 2. The van der Waals surface area contributed by atoms with Crippen molar-refractivity contribution in [2.75, 3.05) is 12.4 Å². The molecule has 0 aliphatic rings. The lowest BCUT2D eigenvalue weighted by atomic mass is 10.0. The average molecular weight is 207 g/mol. The van der Waals surface area contributed by atoms with E-state index in [1.54, 1.807) is 18.5 Å². The van der Waals surface area contributed by atoms with E-state index in [4.69, 9.17) is 0 Å². The maximum absolute atomic E-state index is 11.6. The van der Waals surface area contributed by atoms with Gasteiger partial charge in [0.1, 0.15) is 0 Å². The van der Waals surface area contributed by atoms with Gasteiger partial charge in [0.2, 0.25) is 5.91 Å². The molecule has 4 nitrogen and oxygen atoms in total. The molecule has 1 rings (SSSR count). The number of hydrogen-bond acceptors (Lipinski definition) is 3. The summed E-state index contributed by atoms with van der Waals surface area (Å²) in [7, 11) is 1.84. The molecule has 0 saturated heterocycles. The zero-order valence-electron chi connectivity index (χ0n) is 9.37. The summed E-state index contributed by atoms with van der Waals surface area (Å²) in [5, 5.41) is 5.87. The van der Waals surface area contributed by atoms with Crippen LogP contribution < -0.4 is 10.6 Å². The molecule has 0 radical (unpaired) electrons. The van der Waals surface area contributed by atoms with Gasteiger partial charge in [-0.3, -0.25) is 9.78 Å². The molecule has 1 aromatic rings. The maximum Gasteiger partial charge on any atom is 0.226 e. The van der Waals surface area contributed by atoms with Gasteiger partial charge < -0.3 is 10.6 Å². The summed E-state index contributed by atoms with van der Waals surface area (Å²) < 4.78 is 0. The Hall–Kier alpha value is -1.42. The van der Waals surface area contributed by atoms with Crippen LogP contribution in [0.5, 0.6) is 0 Å². The highest BCUT2D eigenvalue weighted by atomic mass is 16.1. The van der Waals surface area contributed by atoms with Gasteiger partial charge >= 0.3 is 0 Å². The van der Waals surface area contributed by atoms with Crippen molar-refractivity contribution < 1.29 is 4.79 Å². The first kappa shape index (κ1) is 11.7. The summed E-state index contributed by atoms with van der Waals surface area (Å²) in [6.07, 6.45) is 3.73. The molecule has 1 amide bonds. The van der Waals surface area contributed by atoms with Crippen LogP contribution in [0.3, 0.4) is 0 Å². The number of aromatic nitrogens is 1. The number of anilines is 1. The monoisotopic (exact) mass is 207 g/mol. The van der Waals surface area contributed by atoms with E-state index in [1.807, 2.05) is 27.0 Å². The predicted octanol–water partition coefficient (Wildman–Crippen LogP) is 1.41. The molecule has 2 N–H and O–H groups in total. The third kappa shape index (κ3) is 4.08. The minimum Gasteiger partial charge on any atom is -0.325 e. The van der Waals surface area contributed by atoms with Crippen LogP contribution in [0.2, 0.25) is 0 Å².